The molecule has 1 aromatic rings. The minimum Gasteiger partial charge on any atom is -0.409 e. The first kappa shape index (κ1) is 15.4. The van der Waals surface area contributed by atoms with Gasteiger partial charge in [0.2, 0.25) is 0 Å². The molecule has 21 heavy (non-hydrogen) atoms. The summed E-state index contributed by atoms with van der Waals surface area (Å²) in [6, 6.07) is 6.47. The molecule has 2 rings (SSSR count). The standard InChI is InChI=1S/C14H19ClN4O2/c15-10-5-4-6-11(9-10)17-13(20)18-14(12(16)19-21)7-2-1-3-8-14/h4-6,9,21H,1-3,7-8H2,(H2,16,19)(H2,17,18,20). The van der Waals surface area contributed by atoms with Gasteiger partial charge in [0, 0.05) is 10.7 Å². The van der Waals surface area contributed by atoms with Gasteiger partial charge in [0.1, 0.15) is 5.54 Å². The topological polar surface area (TPSA) is 99.7 Å². The van der Waals surface area contributed by atoms with Crippen LogP contribution in [-0.2, 0) is 0 Å². The van der Waals surface area contributed by atoms with Crippen LogP contribution in [0.4, 0.5) is 10.5 Å². The summed E-state index contributed by atoms with van der Waals surface area (Å²) >= 11 is 5.88. The quantitative estimate of drug-likeness (QED) is 0.299. The molecule has 6 nitrogen and oxygen atoms in total. The summed E-state index contributed by atoms with van der Waals surface area (Å²) in [6.07, 6.45) is 4.25. The van der Waals surface area contributed by atoms with Crippen molar-refractivity contribution >= 4 is 29.2 Å². The van der Waals surface area contributed by atoms with Gasteiger partial charge in [-0.25, -0.2) is 4.79 Å². The summed E-state index contributed by atoms with van der Waals surface area (Å²) in [5.41, 5.74) is 5.59. The second-order valence-corrected chi connectivity index (χ2v) is 5.65. The lowest BCUT2D eigenvalue weighted by Gasteiger charge is -2.36. The molecule has 114 valence electrons. The van der Waals surface area contributed by atoms with Crippen LogP contribution in [0.2, 0.25) is 5.02 Å². The Bertz CT molecular complexity index is 542. The molecule has 0 radical (unpaired) electrons. The maximum absolute atomic E-state index is 12.2. The van der Waals surface area contributed by atoms with Crippen LogP contribution in [0.15, 0.2) is 29.4 Å². The van der Waals surface area contributed by atoms with Gasteiger partial charge in [-0.3, -0.25) is 0 Å². The Morgan fingerprint density at radius 3 is 2.67 bits per heavy atom. The largest absolute Gasteiger partial charge is 0.409 e. The molecule has 5 N–H and O–H groups in total. The summed E-state index contributed by atoms with van der Waals surface area (Å²) in [7, 11) is 0. The van der Waals surface area contributed by atoms with Crippen LogP contribution in [0.3, 0.4) is 0 Å². The van der Waals surface area contributed by atoms with Gasteiger partial charge in [0.05, 0.1) is 0 Å². The lowest BCUT2D eigenvalue weighted by molar-refractivity contribution is 0.233. The van der Waals surface area contributed by atoms with Crippen molar-refractivity contribution in [3.8, 4) is 0 Å². The Morgan fingerprint density at radius 1 is 1.33 bits per heavy atom. The van der Waals surface area contributed by atoms with E-state index >= 15 is 0 Å². The Kier molecular flexibility index (Phi) is 4.90. The molecule has 0 bridgehead atoms. The average Bonchev–Trinajstić information content (AvgIpc) is 2.47. The van der Waals surface area contributed by atoms with E-state index in [0.29, 0.717) is 23.6 Å². The maximum Gasteiger partial charge on any atom is 0.320 e. The number of anilines is 1. The van der Waals surface area contributed by atoms with Crippen LogP contribution in [0.5, 0.6) is 0 Å². The van der Waals surface area contributed by atoms with Gasteiger partial charge in [-0.05, 0) is 31.0 Å². The smallest absolute Gasteiger partial charge is 0.320 e. The molecule has 0 saturated heterocycles. The molecular formula is C14H19ClN4O2. The van der Waals surface area contributed by atoms with Crippen molar-refractivity contribution in [2.24, 2.45) is 10.9 Å². The number of carbonyl (C=O) groups excluding carboxylic acids is 1. The van der Waals surface area contributed by atoms with E-state index < -0.39 is 11.6 Å². The van der Waals surface area contributed by atoms with Crippen LogP contribution < -0.4 is 16.4 Å². The summed E-state index contributed by atoms with van der Waals surface area (Å²) < 4.78 is 0. The van der Waals surface area contributed by atoms with E-state index in [9.17, 15) is 4.79 Å². The van der Waals surface area contributed by atoms with E-state index in [1.807, 2.05) is 0 Å². The van der Waals surface area contributed by atoms with Gasteiger partial charge in [0.25, 0.3) is 0 Å². The highest BCUT2D eigenvalue weighted by molar-refractivity contribution is 6.30. The number of nitrogens with two attached hydrogens (primary N) is 1. The number of amides is 2. The zero-order chi connectivity index (χ0) is 15.3. The summed E-state index contributed by atoms with van der Waals surface area (Å²) in [5.74, 6) is 0.0449. The molecule has 1 aromatic carbocycles. The first-order valence-corrected chi connectivity index (χ1v) is 7.26. The van der Waals surface area contributed by atoms with Crippen molar-refractivity contribution < 1.29 is 10.0 Å². The third-order valence-electron chi connectivity index (χ3n) is 3.74. The highest BCUT2D eigenvalue weighted by Gasteiger charge is 2.38. The van der Waals surface area contributed by atoms with E-state index in [2.05, 4.69) is 15.8 Å². The fourth-order valence-electron chi connectivity index (χ4n) is 2.64. The Hall–Kier alpha value is -1.95. The van der Waals surface area contributed by atoms with Crippen molar-refractivity contribution in [3.63, 3.8) is 0 Å². The fourth-order valence-corrected chi connectivity index (χ4v) is 2.83. The predicted octanol–water partition coefficient (Wildman–Crippen LogP) is 2.91. The molecule has 1 fully saturated rings. The van der Waals surface area contributed by atoms with E-state index in [4.69, 9.17) is 22.5 Å². The molecule has 0 heterocycles. The zero-order valence-corrected chi connectivity index (χ0v) is 12.4. The highest BCUT2D eigenvalue weighted by atomic mass is 35.5. The van der Waals surface area contributed by atoms with Crippen molar-refractivity contribution in [1.29, 1.82) is 0 Å². The monoisotopic (exact) mass is 310 g/mol. The summed E-state index contributed by atoms with van der Waals surface area (Å²) in [5, 5.41) is 18.1. The summed E-state index contributed by atoms with van der Waals surface area (Å²) in [6.45, 7) is 0. The number of oxime groups is 1. The molecule has 1 aliphatic rings. The second-order valence-electron chi connectivity index (χ2n) is 5.22. The van der Waals surface area contributed by atoms with Gasteiger partial charge in [0.15, 0.2) is 5.84 Å². The first-order valence-electron chi connectivity index (χ1n) is 6.88. The molecule has 0 unspecified atom stereocenters. The van der Waals surface area contributed by atoms with Crippen LogP contribution in [0, 0.1) is 0 Å². The van der Waals surface area contributed by atoms with Crippen LogP contribution >= 0.6 is 11.6 Å². The minimum absolute atomic E-state index is 0.0449. The van der Waals surface area contributed by atoms with E-state index in [-0.39, 0.29) is 5.84 Å². The van der Waals surface area contributed by atoms with Crippen LogP contribution in [0.25, 0.3) is 0 Å². The van der Waals surface area contributed by atoms with Gasteiger partial charge >= 0.3 is 6.03 Å². The number of halogens is 1. The van der Waals surface area contributed by atoms with E-state index in [1.165, 1.54) is 0 Å². The van der Waals surface area contributed by atoms with Gasteiger partial charge < -0.3 is 21.6 Å². The second kappa shape index (κ2) is 6.67. The predicted molar refractivity (Wildman–Crippen MR) is 82.8 cm³/mol. The van der Waals surface area contributed by atoms with Gasteiger partial charge in [-0.15, -0.1) is 0 Å². The summed E-state index contributed by atoms with van der Waals surface area (Å²) in [4.78, 5) is 12.2. The number of rotatable bonds is 3. The molecule has 0 spiro atoms. The molecule has 1 aliphatic carbocycles. The van der Waals surface area contributed by atoms with Crippen molar-refractivity contribution in [2.45, 2.75) is 37.6 Å². The number of amidine groups is 1. The van der Waals surface area contributed by atoms with E-state index in [1.54, 1.807) is 24.3 Å². The van der Waals surface area contributed by atoms with Crippen molar-refractivity contribution in [1.82, 2.24) is 5.32 Å². The molecular weight excluding hydrogens is 292 g/mol. The molecule has 0 aromatic heterocycles. The first-order chi connectivity index (χ1) is 10.1. The Morgan fingerprint density at radius 2 is 2.05 bits per heavy atom. The third-order valence-corrected chi connectivity index (χ3v) is 3.98. The van der Waals surface area contributed by atoms with Crippen molar-refractivity contribution in [3.05, 3.63) is 29.3 Å². The SMILES string of the molecule is N/C(=N/O)C1(NC(=O)Nc2cccc(Cl)c2)CCCCC1. The van der Waals surface area contributed by atoms with Crippen molar-refractivity contribution in [2.75, 3.05) is 5.32 Å². The van der Waals surface area contributed by atoms with Gasteiger partial charge in [-0.1, -0.05) is 42.1 Å². The van der Waals surface area contributed by atoms with E-state index in [0.717, 1.165) is 19.3 Å². The average molecular weight is 311 g/mol. The molecule has 7 heteroatoms. The van der Waals surface area contributed by atoms with Crippen LogP contribution in [-0.4, -0.2) is 22.6 Å². The van der Waals surface area contributed by atoms with Gasteiger partial charge in [-0.2, -0.15) is 0 Å². The number of carbonyl (C=O) groups is 1. The lowest BCUT2D eigenvalue weighted by Crippen LogP contribution is -2.59. The van der Waals surface area contributed by atoms with Crippen LogP contribution in [0.1, 0.15) is 32.1 Å². The number of benzene rings is 1. The highest BCUT2D eigenvalue weighted by Crippen LogP contribution is 2.28. The molecule has 2 amide bonds. The number of urea groups is 1. The third kappa shape index (κ3) is 3.78. The molecule has 0 aliphatic heterocycles. The lowest BCUT2D eigenvalue weighted by atomic mass is 9.81. The fraction of sp³-hybridized carbons (Fsp3) is 0.429. The number of hydrogen-bond donors (Lipinski definition) is 4. The minimum atomic E-state index is -0.782. The zero-order valence-electron chi connectivity index (χ0n) is 11.6. The molecule has 0 atom stereocenters. The molecule has 1 saturated carbocycles. The number of nitrogens with zero attached hydrogens (tertiary/aromatic N) is 1. The normalized spacial score (nSPS) is 18.0. The maximum atomic E-state index is 12.2. The number of nitrogens with one attached hydrogen (secondary N) is 2. The Balaban J connectivity index is 2.08. The number of hydrogen-bond acceptors (Lipinski definition) is 3. The Labute approximate surface area is 128 Å².